The summed E-state index contributed by atoms with van der Waals surface area (Å²) in [5.74, 6) is 0. The van der Waals surface area contributed by atoms with Crippen molar-refractivity contribution in [2.75, 3.05) is 0 Å². The van der Waals surface area contributed by atoms with Gasteiger partial charge in [-0.15, -0.1) is 10.2 Å². The van der Waals surface area contributed by atoms with Crippen molar-refractivity contribution < 1.29 is 0 Å². The minimum absolute atomic E-state index is 0.230. The summed E-state index contributed by atoms with van der Waals surface area (Å²) >= 11 is 6.24. The van der Waals surface area contributed by atoms with Crippen molar-refractivity contribution in [3.05, 3.63) is 48.5 Å². The summed E-state index contributed by atoms with van der Waals surface area (Å²) in [5.41, 5.74) is 3.29. The fourth-order valence-electron chi connectivity index (χ4n) is 2.22. The van der Waals surface area contributed by atoms with Gasteiger partial charge in [-0.2, -0.15) is 4.68 Å². The smallest absolute Gasteiger partial charge is 0.222 e. The molecule has 0 aliphatic heterocycles. The fourth-order valence-corrected chi connectivity index (χ4v) is 2.40. The molecule has 0 atom stereocenters. The SMILES string of the molecule is Cl/C(=N/Cn1nnc2ccccc21)n1nnc2ccccc21. The first-order valence-electron chi connectivity index (χ1n) is 6.62. The number of hydrogen-bond donors (Lipinski definition) is 0. The van der Waals surface area contributed by atoms with Crippen molar-refractivity contribution in [3.8, 4) is 0 Å². The Bertz CT molecular complexity index is 985. The Balaban J connectivity index is 1.68. The number of aliphatic imine (C=N–C) groups is 1. The molecule has 0 aliphatic rings. The van der Waals surface area contributed by atoms with Gasteiger partial charge in [0.15, 0.2) is 0 Å². The van der Waals surface area contributed by atoms with Gasteiger partial charge in [0.25, 0.3) is 0 Å². The summed E-state index contributed by atoms with van der Waals surface area (Å²) in [6, 6.07) is 15.2. The molecule has 7 nitrogen and oxygen atoms in total. The highest BCUT2D eigenvalue weighted by Gasteiger charge is 2.08. The summed E-state index contributed by atoms with van der Waals surface area (Å²) in [6.45, 7) is 0.257. The average molecular weight is 312 g/mol. The van der Waals surface area contributed by atoms with E-state index in [9.17, 15) is 0 Å². The van der Waals surface area contributed by atoms with Crippen LogP contribution in [0, 0.1) is 0 Å². The largest absolute Gasteiger partial charge is 0.232 e. The number of benzene rings is 2. The van der Waals surface area contributed by atoms with Crippen molar-refractivity contribution >= 4 is 39.0 Å². The molecule has 2 aromatic heterocycles. The highest BCUT2D eigenvalue weighted by Crippen LogP contribution is 2.12. The van der Waals surface area contributed by atoms with Gasteiger partial charge in [0.2, 0.25) is 5.29 Å². The predicted octanol–water partition coefficient (Wildman–Crippen LogP) is 2.28. The predicted molar refractivity (Wildman–Crippen MR) is 83.7 cm³/mol. The van der Waals surface area contributed by atoms with Crippen LogP contribution in [0.15, 0.2) is 53.5 Å². The molecule has 2 heterocycles. The molecule has 22 heavy (non-hydrogen) atoms. The lowest BCUT2D eigenvalue weighted by Gasteiger charge is -2.00. The van der Waals surface area contributed by atoms with Gasteiger partial charge in [0.1, 0.15) is 17.7 Å². The zero-order chi connectivity index (χ0) is 14.9. The third-order valence-electron chi connectivity index (χ3n) is 3.28. The van der Waals surface area contributed by atoms with Gasteiger partial charge in [-0.25, -0.2) is 9.67 Å². The Hall–Kier alpha value is -2.80. The highest BCUT2D eigenvalue weighted by molar-refractivity contribution is 6.65. The molecular weight excluding hydrogens is 302 g/mol. The summed E-state index contributed by atoms with van der Waals surface area (Å²) in [5, 5.41) is 16.4. The van der Waals surface area contributed by atoms with Crippen LogP contribution in [-0.4, -0.2) is 35.3 Å². The zero-order valence-corrected chi connectivity index (χ0v) is 12.1. The first-order chi connectivity index (χ1) is 10.8. The quantitative estimate of drug-likeness (QED) is 0.420. The van der Waals surface area contributed by atoms with Crippen LogP contribution in [0.3, 0.4) is 0 Å². The van der Waals surface area contributed by atoms with Crippen LogP contribution in [0.25, 0.3) is 22.1 Å². The number of fused-ring (bicyclic) bond motifs is 2. The van der Waals surface area contributed by atoms with E-state index in [0.717, 1.165) is 22.1 Å². The van der Waals surface area contributed by atoms with Crippen molar-refractivity contribution in [2.45, 2.75) is 6.67 Å². The molecule has 0 bridgehead atoms. The van der Waals surface area contributed by atoms with Crippen molar-refractivity contribution in [1.82, 2.24) is 30.0 Å². The van der Waals surface area contributed by atoms with Crippen LogP contribution < -0.4 is 0 Å². The molecule has 0 saturated carbocycles. The van der Waals surface area contributed by atoms with Crippen LogP contribution in [0.4, 0.5) is 0 Å². The highest BCUT2D eigenvalue weighted by atomic mass is 35.5. The Morgan fingerprint density at radius 2 is 1.55 bits per heavy atom. The maximum absolute atomic E-state index is 6.24. The molecule has 0 radical (unpaired) electrons. The Labute approximate surface area is 129 Å². The van der Waals surface area contributed by atoms with Gasteiger partial charge in [-0.05, 0) is 35.9 Å². The molecule has 0 amide bonds. The third kappa shape index (κ3) is 2.11. The molecule has 4 aromatic rings. The Kier molecular flexibility index (Phi) is 3.05. The summed E-state index contributed by atoms with van der Waals surface area (Å²) in [6.07, 6.45) is 0. The van der Waals surface area contributed by atoms with Gasteiger partial charge < -0.3 is 0 Å². The van der Waals surface area contributed by atoms with Crippen LogP contribution in [0.2, 0.25) is 0 Å². The van der Waals surface area contributed by atoms with Gasteiger partial charge >= 0.3 is 0 Å². The molecule has 2 aromatic carbocycles. The second kappa shape index (κ2) is 5.19. The lowest BCUT2D eigenvalue weighted by molar-refractivity contribution is 0.627. The molecule has 108 valence electrons. The first-order valence-corrected chi connectivity index (χ1v) is 7.00. The lowest BCUT2D eigenvalue weighted by atomic mass is 10.3. The zero-order valence-electron chi connectivity index (χ0n) is 11.3. The normalized spacial score (nSPS) is 12.3. The number of nitrogens with zero attached hydrogens (tertiary/aromatic N) is 7. The van der Waals surface area contributed by atoms with Gasteiger partial charge in [-0.3, -0.25) is 0 Å². The molecule has 0 spiro atoms. The van der Waals surface area contributed by atoms with E-state index in [4.69, 9.17) is 11.6 Å². The standard InChI is InChI=1S/C14H10ClN7/c15-14(22-13-8-4-2-6-11(13)18-20-22)16-9-21-12-7-3-1-5-10(12)17-19-21/h1-8H,9H2/b16-14-. The van der Waals surface area contributed by atoms with Crippen LogP contribution in [-0.2, 0) is 6.67 Å². The second-order valence-electron chi connectivity index (χ2n) is 4.64. The number of aromatic nitrogens is 6. The topological polar surface area (TPSA) is 73.8 Å². The van der Waals surface area contributed by atoms with Gasteiger partial charge in [0, 0.05) is 0 Å². The van der Waals surface area contributed by atoms with E-state index in [1.807, 2.05) is 48.5 Å². The lowest BCUT2D eigenvalue weighted by Crippen LogP contribution is -2.09. The monoisotopic (exact) mass is 311 g/mol. The summed E-state index contributed by atoms with van der Waals surface area (Å²) in [7, 11) is 0. The maximum Gasteiger partial charge on any atom is 0.222 e. The maximum atomic E-state index is 6.24. The molecule has 0 N–H and O–H groups in total. The van der Waals surface area contributed by atoms with Gasteiger partial charge in [-0.1, -0.05) is 34.7 Å². The number of hydrogen-bond acceptors (Lipinski definition) is 5. The van der Waals surface area contributed by atoms with E-state index in [-0.39, 0.29) is 12.0 Å². The van der Waals surface area contributed by atoms with Crippen molar-refractivity contribution in [3.63, 3.8) is 0 Å². The minimum Gasteiger partial charge on any atom is -0.232 e. The number of rotatable bonds is 2. The Morgan fingerprint density at radius 3 is 2.36 bits per heavy atom. The molecule has 0 aliphatic carbocycles. The van der Waals surface area contributed by atoms with E-state index in [0.29, 0.717) is 0 Å². The van der Waals surface area contributed by atoms with E-state index >= 15 is 0 Å². The van der Waals surface area contributed by atoms with Crippen LogP contribution >= 0.6 is 11.6 Å². The number of halogens is 1. The van der Waals surface area contributed by atoms with Gasteiger partial charge in [0.05, 0.1) is 11.0 Å². The van der Waals surface area contributed by atoms with E-state index < -0.39 is 0 Å². The summed E-state index contributed by atoms with van der Waals surface area (Å²) in [4.78, 5) is 4.31. The first kappa shape index (κ1) is 12.9. The fraction of sp³-hybridized carbons (Fsp3) is 0.0714. The van der Waals surface area contributed by atoms with Crippen LogP contribution in [0.1, 0.15) is 0 Å². The summed E-state index contributed by atoms with van der Waals surface area (Å²) < 4.78 is 3.17. The van der Waals surface area contributed by atoms with Crippen molar-refractivity contribution in [2.24, 2.45) is 4.99 Å². The molecule has 0 fully saturated rings. The minimum atomic E-state index is 0.230. The van der Waals surface area contributed by atoms with Crippen molar-refractivity contribution in [1.29, 1.82) is 0 Å². The number of para-hydroxylation sites is 2. The molecular formula is C14H10ClN7. The third-order valence-corrected chi connectivity index (χ3v) is 3.56. The second-order valence-corrected chi connectivity index (χ2v) is 4.97. The average Bonchev–Trinajstić information content (AvgIpc) is 3.17. The Morgan fingerprint density at radius 1 is 0.909 bits per heavy atom. The van der Waals surface area contributed by atoms with Crippen LogP contribution in [0.5, 0.6) is 0 Å². The van der Waals surface area contributed by atoms with E-state index in [2.05, 4.69) is 25.6 Å². The van der Waals surface area contributed by atoms with E-state index in [1.165, 1.54) is 4.68 Å². The molecule has 8 heteroatoms. The molecule has 4 rings (SSSR count). The molecule has 0 unspecified atom stereocenters. The molecule has 0 saturated heterocycles. The van der Waals surface area contributed by atoms with E-state index in [1.54, 1.807) is 4.68 Å².